The zero-order chi connectivity index (χ0) is 17.9. The van der Waals surface area contributed by atoms with Gasteiger partial charge in [-0.2, -0.15) is 5.10 Å². The van der Waals surface area contributed by atoms with Crippen LogP contribution in [0.2, 0.25) is 5.02 Å². The van der Waals surface area contributed by atoms with Crippen LogP contribution in [-0.2, 0) is 10.0 Å². The Morgan fingerprint density at radius 1 is 1.16 bits per heavy atom. The number of aromatic amines is 1. The molecule has 8 heteroatoms. The predicted octanol–water partition coefficient (Wildman–Crippen LogP) is 3.93. The number of rotatable bonds is 6. The molecule has 0 saturated carbocycles. The molecule has 0 bridgehead atoms. The molecule has 0 fully saturated rings. The van der Waals surface area contributed by atoms with E-state index in [1.807, 2.05) is 37.3 Å². The Labute approximate surface area is 150 Å². The monoisotopic (exact) mass is 377 g/mol. The van der Waals surface area contributed by atoms with Crippen molar-refractivity contribution in [3.8, 4) is 17.0 Å². The molecule has 0 aliphatic heterocycles. The highest BCUT2D eigenvalue weighted by Crippen LogP contribution is 2.28. The summed E-state index contributed by atoms with van der Waals surface area (Å²) < 4.78 is 32.8. The largest absolute Gasteiger partial charge is 0.492 e. The standard InChI is InChI=1S/C17H16ClN3O3S/c1-2-24-16-9-8-13(10-14(16)18)25(22,23)21-17-11-15(19-20-17)12-6-4-3-5-7-12/h3-11H,2H2,1H3,(H2,19,20,21). The van der Waals surface area contributed by atoms with Gasteiger partial charge in [0, 0.05) is 6.07 Å². The molecule has 2 aromatic carbocycles. The summed E-state index contributed by atoms with van der Waals surface area (Å²) in [6.07, 6.45) is 0. The summed E-state index contributed by atoms with van der Waals surface area (Å²) in [6, 6.07) is 15.4. The maximum atomic E-state index is 12.5. The lowest BCUT2D eigenvalue weighted by atomic mass is 10.2. The quantitative estimate of drug-likeness (QED) is 0.681. The molecule has 0 atom stereocenters. The lowest BCUT2D eigenvalue weighted by Gasteiger charge is -2.09. The van der Waals surface area contributed by atoms with Crippen LogP contribution in [0.25, 0.3) is 11.3 Å². The molecule has 3 aromatic rings. The van der Waals surface area contributed by atoms with Crippen LogP contribution in [0.3, 0.4) is 0 Å². The molecule has 2 N–H and O–H groups in total. The second-order valence-electron chi connectivity index (χ2n) is 5.16. The number of nitrogens with zero attached hydrogens (tertiary/aromatic N) is 1. The number of anilines is 1. The Hall–Kier alpha value is -2.51. The number of sulfonamides is 1. The molecule has 25 heavy (non-hydrogen) atoms. The second kappa shape index (κ2) is 7.16. The molecule has 1 aromatic heterocycles. The van der Waals surface area contributed by atoms with E-state index in [1.54, 1.807) is 6.07 Å². The third kappa shape index (κ3) is 3.94. The molecule has 0 spiro atoms. The number of hydrogen-bond acceptors (Lipinski definition) is 4. The number of nitrogens with one attached hydrogen (secondary N) is 2. The summed E-state index contributed by atoms with van der Waals surface area (Å²) in [5.74, 6) is 0.637. The highest BCUT2D eigenvalue weighted by Gasteiger charge is 2.18. The van der Waals surface area contributed by atoms with Crippen molar-refractivity contribution in [2.45, 2.75) is 11.8 Å². The van der Waals surface area contributed by atoms with Crippen LogP contribution in [0, 0.1) is 0 Å². The van der Waals surface area contributed by atoms with Crippen LogP contribution >= 0.6 is 11.6 Å². The van der Waals surface area contributed by atoms with Gasteiger partial charge in [-0.25, -0.2) is 8.42 Å². The van der Waals surface area contributed by atoms with Crippen molar-refractivity contribution in [2.24, 2.45) is 0 Å². The fourth-order valence-electron chi connectivity index (χ4n) is 2.26. The first-order chi connectivity index (χ1) is 12.0. The predicted molar refractivity (Wildman–Crippen MR) is 97.5 cm³/mol. The van der Waals surface area contributed by atoms with Crippen LogP contribution in [0.4, 0.5) is 5.82 Å². The van der Waals surface area contributed by atoms with Crippen molar-refractivity contribution < 1.29 is 13.2 Å². The van der Waals surface area contributed by atoms with Crippen molar-refractivity contribution in [1.29, 1.82) is 0 Å². The molecule has 130 valence electrons. The molecule has 1 heterocycles. The van der Waals surface area contributed by atoms with Crippen molar-refractivity contribution in [1.82, 2.24) is 10.2 Å². The molecule has 0 saturated heterocycles. The number of H-pyrrole nitrogens is 1. The Morgan fingerprint density at radius 2 is 1.92 bits per heavy atom. The first-order valence-corrected chi connectivity index (χ1v) is 9.41. The topological polar surface area (TPSA) is 84.1 Å². The number of hydrogen-bond donors (Lipinski definition) is 2. The average Bonchev–Trinajstić information content (AvgIpc) is 3.05. The van der Waals surface area contributed by atoms with Gasteiger partial charge in [0.2, 0.25) is 0 Å². The van der Waals surface area contributed by atoms with E-state index in [-0.39, 0.29) is 15.7 Å². The fraction of sp³-hybridized carbons (Fsp3) is 0.118. The van der Waals surface area contributed by atoms with Gasteiger partial charge in [0.25, 0.3) is 10.0 Å². The second-order valence-corrected chi connectivity index (χ2v) is 7.25. The smallest absolute Gasteiger partial charge is 0.263 e. The van der Waals surface area contributed by atoms with Gasteiger partial charge in [0.15, 0.2) is 5.82 Å². The summed E-state index contributed by atoms with van der Waals surface area (Å²) in [7, 11) is -3.81. The first kappa shape index (κ1) is 17.3. The van der Waals surface area contributed by atoms with Crippen molar-refractivity contribution in [2.75, 3.05) is 11.3 Å². The minimum Gasteiger partial charge on any atom is -0.492 e. The van der Waals surface area contributed by atoms with Gasteiger partial charge in [0.05, 0.1) is 22.2 Å². The third-order valence-electron chi connectivity index (χ3n) is 3.42. The van der Waals surface area contributed by atoms with Gasteiger partial charge in [-0.05, 0) is 30.7 Å². The fourth-order valence-corrected chi connectivity index (χ4v) is 3.58. The number of benzene rings is 2. The minimum absolute atomic E-state index is 0.0326. The first-order valence-electron chi connectivity index (χ1n) is 7.55. The van der Waals surface area contributed by atoms with Crippen LogP contribution in [0.1, 0.15) is 6.92 Å². The van der Waals surface area contributed by atoms with Gasteiger partial charge >= 0.3 is 0 Å². The molecule has 0 amide bonds. The van der Waals surface area contributed by atoms with E-state index < -0.39 is 10.0 Å². The number of halogens is 1. The molecule has 3 rings (SSSR count). The zero-order valence-corrected chi connectivity index (χ0v) is 14.9. The number of aromatic nitrogens is 2. The van der Waals surface area contributed by atoms with E-state index >= 15 is 0 Å². The highest BCUT2D eigenvalue weighted by atomic mass is 35.5. The highest BCUT2D eigenvalue weighted by molar-refractivity contribution is 7.92. The van der Waals surface area contributed by atoms with E-state index in [4.69, 9.17) is 16.3 Å². The Kier molecular flexibility index (Phi) is 4.96. The molecular formula is C17H16ClN3O3S. The molecule has 0 aliphatic rings. The zero-order valence-electron chi connectivity index (χ0n) is 13.4. The van der Waals surface area contributed by atoms with Crippen LogP contribution in [0.5, 0.6) is 5.75 Å². The summed E-state index contributed by atoms with van der Waals surface area (Å²) in [6.45, 7) is 2.27. The van der Waals surface area contributed by atoms with E-state index in [0.717, 1.165) is 5.56 Å². The maximum absolute atomic E-state index is 12.5. The Bertz CT molecular complexity index is 972. The van der Waals surface area contributed by atoms with E-state index in [1.165, 1.54) is 18.2 Å². The SMILES string of the molecule is CCOc1ccc(S(=O)(=O)Nc2cc(-c3ccccc3)[nH]n2)cc1Cl. The molecule has 0 aliphatic carbocycles. The molecular weight excluding hydrogens is 362 g/mol. The summed E-state index contributed by atoms with van der Waals surface area (Å²) in [4.78, 5) is 0.0326. The van der Waals surface area contributed by atoms with E-state index in [0.29, 0.717) is 18.1 Å². The molecule has 0 radical (unpaired) electrons. The van der Waals surface area contributed by atoms with Gasteiger partial charge in [0.1, 0.15) is 5.75 Å². The van der Waals surface area contributed by atoms with Gasteiger partial charge < -0.3 is 4.74 Å². The van der Waals surface area contributed by atoms with Crippen molar-refractivity contribution in [3.63, 3.8) is 0 Å². The van der Waals surface area contributed by atoms with E-state index in [9.17, 15) is 8.42 Å². The summed E-state index contributed by atoms with van der Waals surface area (Å²) >= 11 is 6.06. The molecule has 0 unspecified atom stereocenters. The van der Waals surface area contributed by atoms with Crippen molar-refractivity contribution in [3.05, 3.63) is 59.6 Å². The van der Waals surface area contributed by atoms with Gasteiger partial charge in [-0.3, -0.25) is 9.82 Å². The third-order valence-corrected chi connectivity index (χ3v) is 5.06. The minimum atomic E-state index is -3.81. The lowest BCUT2D eigenvalue weighted by molar-refractivity contribution is 0.340. The average molecular weight is 378 g/mol. The van der Waals surface area contributed by atoms with Gasteiger partial charge in [-0.15, -0.1) is 0 Å². The summed E-state index contributed by atoms with van der Waals surface area (Å²) in [5.41, 5.74) is 1.62. The van der Waals surface area contributed by atoms with Crippen LogP contribution in [-0.4, -0.2) is 25.2 Å². The number of ether oxygens (including phenoxy) is 1. The van der Waals surface area contributed by atoms with Gasteiger partial charge in [-0.1, -0.05) is 41.9 Å². The summed E-state index contributed by atoms with van der Waals surface area (Å²) in [5, 5.41) is 7.04. The van der Waals surface area contributed by atoms with Crippen LogP contribution < -0.4 is 9.46 Å². The Morgan fingerprint density at radius 3 is 2.60 bits per heavy atom. The van der Waals surface area contributed by atoms with E-state index in [2.05, 4.69) is 14.9 Å². The van der Waals surface area contributed by atoms with Crippen LogP contribution in [0.15, 0.2) is 59.5 Å². The maximum Gasteiger partial charge on any atom is 0.263 e. The Balaban J connectivity index is 1.82. The lowest BCUT2D eigenvalue weighted by Crippen LogP contribution is -2.13. The molecule has 6 nitrogen and oxygen atoms in total. The van der Waals surface area contributed by atoms with Crippen molar-refractivity contribution >= 4 is 27.4 Å². The normalized spacial score (nSPS) is 11.3.